The van der Waals surface area contributed by atoms with Gasteiger partial charge in [-0.25, -0.2) is 8.42 Å². The summed E-state index contributed by atoms with van der Waals surface area (Å²) in [6, 6.07) is 21.6. The Bertz CT molecular complexity index is 1250. The maximum Gasteiger partial charge on any atom is 0.262 e. The molecule has 1 saturated heterocycles. The monoisotopic (exact) mass is 493 g/mol. The van der Waals surface area contributed by atoms with E-state index < -0.39 is 10.0 Å². The van der Waals surface area contributed by atoms with Crippen LogP contribution >= 0.6 is 0 Å². The van der Waals surface area contributed by atoms with Crippen molar-refractivity contribution >= 4 is 33.2 Å². The maximum atomic E-state index is 12.5. The van der Waals surface area contributed by atoms with Gasteiger partial charge in [0.2, 0.25) is 5.91 Å². The Morgan fingerprint density at radius 2 is 1.49 bits per heavy atom. The minimum absolute atomic E-state index is 0.0847. The maximum absolute atomic E-state index is 12.5. The van der Waals surface area contributed by atoms with E-state index in [-0.39, 0.29) is 23.3 Å². The second kappa shape index (κ2) is 11.1. The first kappa shape index (κ1) is 24.3. The Kier molecular flexibility index (Phi) is 7.67. The normalized spacial score (nSPS) is 13.3. The van der Waals surface area contributed by atoms with Gasteiger partial charge in [0, 0.05) is 24.5 Å². The zero-order valence-corrected chi connectivity index (χ0v) is 20.0. The lowest BCUT2D eigenvalue weighted by atomic mass is 10.1. The molecule has 1 aliphatic rings. The minimum Gasteiger partial charge on any atom is -0.484 e. The van der Waals surface area contributed by atoms with Crippen LogP contribution in [0.2, 0.25) is 0 Å². The zero-order chi connectivity index (χ0) is 24.7. The minimum atomic E-state index is -3.73. The fourth-order valence-corrected chi connectivity index (χ4v) is 4.80. The van der Waals surface area contributed by atoms with Gasteiger partial charge < -0.3 is 15.0 Å². The second-order valence-corrected chi connectivity index (χ2v) is 9.92. The highest BCUT2D eigenvalue weighted by Gasteiger charge is 2.18. The number of ether oxygens (including phenoxy) is 1. The molecule has 8 nitrogen and oxygen atoms in total. The lowest BCUT2D eigenvalue weighted by Gasteiger charge is -2.15. The van der Waals surface area contributed by atoms with E-state index in [1.54, 1.807) is 42.5 Å². The highest BCUT2D eigenvalue weighted by molar-refractivity contribution is 7.92. The third-order valence-electron chi connectivity index (χ3n) is 5.58. The third kappa shape index (κ3) is 6.83. The largest absolute Gasteiger partial charge is 0.484 e. The van der Waals surface area contributed by atoms with Crippen LogP contribution in [-0.2, 0) is 26.0 Å². The third-order valence-corrected chi connectivity index (χ3v) is 6.98. The predicted octanol–water partition coefficient (Wildman–Crippen LogP) is 3.67. The molecule has 0 bridgehead atoms. The number of hydrogen-bond donors (Lipinski definition) is 2. The van der Waals surface area contributed by atoms with Crippen LogP contribution in [-0.4, -0.2) is 44.8 Å². The van der Waals surface area contributed by atoms with Gasteiger partial charge >= 0.3 is 0 Å². The number of hydrogen-bond acceptors (Lipinski definition) is 5. The standard InChI is InChI=1S/C26H27N3O5S/c30-25(27-21-10-8-20(9-11-21)18-26(31)29-16-4-5-17-29)19-34-23-12-14-24(15-13-23)35(32,33)28-22-6-2-1-3-7-22/h1-3,6-15,28H,4-5,16-19H2,(H,27,30). The molecule has 4 rings (SSSR count). The molecular formula is C26H27N3O5S. The number of amides is 2. The van der Waals surface area contributed by atoms with Crippen molar-refractivity contribution in [2.75, 3.05) is 29.7 Å². The molecule has 0 aromatic heterocycles. The van der Waals surface area contributed by atoms with Crippen LogP contribution in [0.15, 0.2) is 83.8 Å². The van der Waals surface area contributed by atoms with Crippen LogP contribution in [0.25, 0.3) is 0 Å². The number of anilines is 2. The fourth-order valence-electron chi connectivity index (χ4n) is 3.74. The predicted molar refractivity (Wildman–Crippen MR) is 134 cm³/mol. The smallest absolute Gasteiger partial charge is 0.262 e. The summed E-state index contributed by atoms with van der Waals surface area (Å²) in [4.78, 5) is 26.5. The number of sulfonamides is 1. The Balaban J connectivity index is 1.25. The van der Waals surface area contributed by atoms with Gasteiger partial charge in [-0.1, -0.05) is 30.3 Å². The molecule has 2 N–H and O–H groups in total. The van der Waals surface area contributed by atoms with Gasteiger partial charge in [-0.05, 0) is 66.9 Å². The number of rotatable bonds is 9. The molecule has 1 fully saturated rings. The Morgan fingerprint density at radius 1 is 0.829 bits per heavy atom. The first-order valence-corrected chi connectivity index (χ1v) is 12.8. The van der Waals surface area contributed by atoms with Gasteiger partial charge in [-0.15, -0.1) is 0 Å². The van der Waals surface area contributed by atoms with E-state index in [0.717, 1.165) is 31.5 Å². The van der Waals surface area contributed by atoms with Gasteiger partial charge in [-0.2, -0.15) is 0 Å². The van der Waals surface area contributed by atoms with Crippen molar-refractivity contribution < 1.29 is 22.7 Å². The Morgan fingerprint density at radius 3 is 2.14 bits per heavy atom. The van der Waals surface area contributed by atoms with Gasteiger partial charge in [-0.3, -0.25) is 14.3 Å². The SMILES string of the molecule is O=C(COc1ccc(S(=O)(=O)Nc2ccccc2)cc1)Nc1ccc(CC(=O)N2CCCC2)cc1. The molecule has 35 heavy (non-hydrogen) atoms. The second-order valence-electron chi connectivity index (χ2n) is 8.24. The number of para-hydroxylation sites is 1. The molecule has 0 atom stereocenters. The summed E-state index contributed by atoms with van der Waals surface area (Å²) in [5, 5.41) is 2.75. The first-order chi connectivity index (χ1) is 16.9. The molecular weight excluding hydrogens is 466 g/mol. The summed E-state index contributed by atoms with van der Waals surface area (Å²) in [5.74, 6) is 0.144. The lowest BCUT2D eigenvalue weighted by Crippen LogP contribution is -2.29. The fraction of sp³-hybridized carbons (Fsp3) is 0.231. The van der Waals surface area contributed by atoms with E-state index in [0.29, 0.717) is 23.5 Å². The summed E-state index contributed by atoms with van der Waals surface area (Å²) in [7, 11) is -3.73. The van der Waals surface area contributed by atoms with Crippen molar-refractivity contribution in [1.29, 1.82) is 0 Å². The first-order valence-electron chi connectivity index (χ1n) is 11.4. The molecule has 3 aromatic rings. The van der Waals surface area contributed by atoms with E-state index in [2.05, 4.69) is 10.0 Å². The highest BCUT2D eigenvalue weighted by atomic mass is 32.2. The molecule has 0 aliphatic carbocycles. The summed E-state index contributed by atoms with van der Waals surface area (Å²) in [5.41, 5.74) is 1.97. The van der Waals surface area contributed by atoms with Crippen molar-refractivity contribution in [1.82, 2.24) is 4.90 Å². The quantitative estimate of drug-likeness (QED) is 0.473. The van der Waals surface area contributed by atoms with Crippen LogP contribution in [0.1, 0.15) is 18.4 Å². The topological polar surface area (TPSA) is 105 Å². The number of carbonyl (C=O) groups is 2. The van der Waals surface area contributed by atoms with E-state index >= 15 is 0 Å². The van der Waals surface area contributed by atoms with Crippen LogP contribution in [0.3, 0.4) is 0 Å². The van der Waals surface area contributed by atoms with E-state index in [9.17, 15) is 18.0 Å². The zero-order valence-electron chi connectivity index (χ0n) is 19.1. The van der Waals surface area contributed by atoms with E-state index in [1.165, 1.54) is 24.3 Å². The lowest BCUT2D eigenvalue weighted by molar-refractivity contribution is -0.129. The Hall–Kier alpha value is -3.85. The molecule has 2 amide bonds. The van der Waals surface area contributed by atoms with Crippen molar-refractivity contribution in [3.8, 4) is 5.75 Å². The van der Waals surface area contributed by atoms with Gasteiger partial charge in [0.05, 0.1) is 11.3 Å². The highest BCUT2D eigenvalue weighted by Crippen LogP contribution is 2.19. The number of nitrogens with zero attached hydrogens (tertiary/aromatic N) is 1. The van der Waals surface area contributed by atoms with Crippen LogP contribution < -0.4 is 14.8 Å². The number of carbonyl (C=O) groups excluding carboxylic acids is 2. The summed E-state index contributed by atoms with van der Waals surface area (Å²) in [6.45, 7) is 1.43. The average molecular weight is 494 g/mol. The summed E-state index contributed by atoms with van der Waals surface area (Å²) < 4.78 is 33.0. The molecule has 0 saturated carbocycles. The summed E-state index contributed by atoms with van der Waals surface area (Å²) >= 11 is 0. The molecule has 182 valence electrons. The van der Waals surface area contributed by atoms with Gasteiger partial charge in [0.25, 0.3) is 15.9 Å². The number of likely N-dealkylation sites (tertiary alicyclic amines) is 1. The molecule has 0 radical (unpaired) electrons. The molecule has 3 aromatic carbocycles. The van der Waals surface area contributed by atoms with Gasteiger partial charge in [0.1, 0.15) is 5.75 Å². The van der Waals surface area contributed by atoms with Crippen molar-refractivity contribution in [3.63, 3.8) is 0 Å². The van der Waals surface area contributed by atoms with Crippen LogP contribution in [0.5, 0.6) is 5.75 Å². The van der Waals surface area contributed by atoms with E-state index in [4.69, 9.17) is 4.74 Å². The van der Waals surface area contributed by atoms with Crippen molar-refractivity contribution in [2.24, 2.45) is 0 Å². The molecule has 1 heterocycles. The van der Waals surface area contributed by atoms with Crippen LogP contribution in [0.4, 0.5) is 11.4 Å². The number of benzene rings is 3. The molecule has 1 aliphatic heterocycles. The molecule has 0 unspecified atom stereocenters. The average Bonchev–Trinajstić information content (AvgIpc) is 3.40. The molecule has 9 heteroatoms. The van der Waals surface area contributed by atoms with Crippen LogP contribution in [0, 0.1) is 0 Å². The van der Waals surface area contributed by atoms with Crippen molar-refractivity contribution in [3.05, 3.63) is 84.4 Å². The molecule has 0 spiro atoms. The number of nitrogens with one attached hydrogen (secondary N) is 2. The Labute approximate surface area is 205 Å². The van der Waals surface area contributed by atoms with E-state index in [1.807, 2.05) is 17.0 Å². The van der Waals surface area contributed by atoms with Gasteiger partial charge in [0.15, 0.2) is 6.61 Å². The summed E-state index contributed by atoms with van der Waals surface area (Å²) in [6.07, 6.45) is 2.48. The van der Waals surface area contributed by atoms with Crippen molar-refractivity contribution in [2.45, 2.75) is 24.2 Å².